The number of anilines is 1. The van der Waals surface area contributed by atoms with E-state index in [2.05, 4.69) is 33.9 Å². The molecular weight excluding hydrogens is 504 g/mol. The molecule has 9 nitrogen and oxygen atoms in total. The van der Waals surface area contributed by atoms with Crippen LogP contribution in [0.15, 0.2) is 24.4 Å². The third-order valence-corrected chi connectivity index (χ3v) is 8.03. The van der Waals surface area contributed by atoms with Crippen molar-refractivity contribution >= 4 is 23.2 Å². The summed E-state index contributed by atoms with van der Waals surface area (Å²) in [6, 6.07) is 5.68. The number of aromatic nitrogens is 2. The summed E-state index contributed by atoms with van der Waals surface area (Å²) >= 11 is 0. The second-order valence-corrected chi connectivity index (χ2v) is 12.3. The number of carbonyl (C=O) groups is 2. The highest BCUT2D eigenvalue weighted by molar-refractivity contribution is 5.99. The number of carbonyl (C=O) groups excluding carboxylic acids is 2. The maximum Gasteiger partial charge on any atom is 0.251 e. The number of ketones is 1. The molecule has 1 aromatic carbocycles. The molecule has 1 aliphatic carbocycles. The zero-order valence-electron chi connectivity index (χ0n) is 24.8. The van der Waals surface area contributed by atoms with E-state index in [0.29, 0.717) is 42.7 Å². The lowest BCUT2D eigenvalue weighted by Gasteiger charge is -2.30. The highest BCUT2D eigenvalue weighted by Gasteiger charge is 2.33. The van der Waals surface area contributed by atoms with Crippen LogP contribution in [0.1, 0.15) is 86.1 Å². The molecule has 2 aromatic rings. The molecule has 4 rings (SSSR count). The van der Waals surface area contributed by atoms with Crippen molar-refractivity contribution in [3.05, 3.63) is 46.9 Å². The first kappa shape index (κ1) is 29.6. The normalized spacial score (nSPS) is 18.0. The summed E-state index contributed by atoms with van der Waals surface area (Å²) in [5.74, 6) is 1.53. The summed E-state index contributed by atoms with van der Waals surface area (Å²) in [4.78, 5) is 39.6. The summed E-state index contributed by atoms with van der Waals surface area (Å²) in [6.07, 6.45) is 7.01. The van der Waals surface area contributed by atoms with Gasteiger partial charge in [0.15, 0.2) is 5.82 Å². The molecule has 216 valence electrons. The first-order chi connectivity index (χ1) is 19.0. The molecule has 40 heavy (non-hydrogen) atoms. The molecule has 2 N–H and O–H groups in total. The maximum atomic E-state index is 13.0. The molecule has 1 aliphatic heterocycles. The largest absolute Gasteiger partial charge is 0.496 e. The van der Waals surface area contributed by atoms with Crippen molar-refractivity contribution in [2.45, 2.75) is 71.3 Å². The van der Waals surface area contributed by atoms with E-state index in [-0.39, 0.29) is 35.2 Å². The van der Waals surface area contributed by atoms with Crippen molar-refractivity contribution in [2.75, 3.05) is 45.7 Å². The molecule has 1 aromatic heterocycles. The molecule has 0 radical (unpaired) electrons. The number of amides is 1. The van der Waals surface area contributed by atoms with E-state index in [1.165, 1.54) is 12.8 Å². The van der Waals surface area contributed by atoms with Crippen LogP contribution in [-0.2, 0) is 11.2 Å². The SMILES string of the molecule is COc1ccc(C(=O)NCC(C)(C)CN(C)C)cc1CC(=N)c1ncc2c(n1)N(C1CCCC1)CCC(=O)C2C. The fourth-order valence-electron chi connectivity index (χ4n) is 6.02. The first-order valence-corrected chi connectivity index (χ1v) is 14.3. The quantitative estimate of drug-likeness (QED) is 0.427. The summed E-state index contributed by atoms with van der Waals surface area (Å²) < 4.78 is 5.57. The summed E-state index contributed by atoms with van der Waals surface area (Å²) in [5.41, 5.74) is 2.25. The minimum Gasteiger partial charge on any atom is -0.496 e. The summed E-state index contributed by atoms with van der Waals surface area (Å²) in [6.45, 7) is 8.22. The van der Waals surface area contributed by atoms with Gasteiger partial charge in [0, 0.05) is 67.3 Å². The minimum absolute atomic E-state index is 0.0757. The van der Waals surface area contributed by atoms with Crippen molar-refractivity contribution in [1.29, 1.82) is 5.41 Å². The van der Waals surface area contributed by atoms with Crippen LogP contribution >= 0.6 is 0 Å². The van der Waals surface area contributed by atoms with Gasteiger partial charge in [0.25, 0.3) is 5.91 Å². The van der Waals surface area contributed by atoms with Crippen molar-refractivity contribution in [3.63, 3.8) is 0 Å². The number of benzene rings is 1. The molecule has 2 aliphatic rings. The number of hydrogen-bond donors (Lipinski definition) is 2. The molecular formula is C31H44N6O3. The third-order valence-electron chi connectivity index (χ3n) is 8.03. The molecule has 9 heteroatoms. The number of hydrogen-bond acceptors (Lipinski definition) is 8. The molecule has 1 fully saturated rings. The van der Waals surface area contributed by atoms with Crippen LogP contribution < -0.4 is 15.0 Å². The Morgan fingerprint density at radius 1 is 1.25 bits per heavy atom. The first-order valence-electron chi connectivity index (χ1n) is 14.3. The number of rotatable bonds is 10. The molecule has 2 heterocycles. The smallest absolute Gasteiger partial charge is 0.251 e. The lowest BCUT2D eigenvalue weighted by atomic mass is 9.92. The van der Waals surface area contributed by atoms with Gasteiger partial charge >= 0.3 is 0 Å². The lowest BCUT2D eigenvalue weighted by Crippen LogP contribution is -2.40. The third kappa shape index (κ3) is 6.86. The van der Waals surface area contributed by atoms with Crippen LogP contribution in [0.5, 0.6) is 5.75 Å². The van der Waals surface area contributed by atoms with E-state index in [9.17, 15) is 9.59 Å². The summed E-state index contributed by atoms with van der Waals surface area (Å²) in [7, 11) is 5.63. The Morgan fingerprint density at radius 2 is 1.98 bits per heavy atom. The lowest BCUT2D eigenvalue weighted by molar-refractivity contribution is -0.119. The topological polar surface area (TPSA) is 112 Å². The molecule has 1 unspecified atom stereocenters. The second kappa shape index (κ2) is 12.5. The highest BCUT2D eigenvalue weighted by atomic mass is 16.5. The van der Waals surface area contributed by atoms with Crippen LogP contribution in [0.3, 0.4) is 0 Å². The van der Waals surface area contributed by atoms with Crippen LogP contribution in [0, 0.1) is 10.8 Å². The van der Waals surface area contributed by atoms with Gasteiger partial charge in [-0.2, -0.15) is 0 Å². The van der Waals surface area contributed by atoms with Gasteiger partial charge in [-0.25, -0.2) is 9.97 Å². The Morgan fingerprint density at radius 3 is 2.65 bits per heavy atom. The predicted octanol–water partition coefficient (Wildman–Crippen LogP) is 4.24. The van der Waals surface area contributed by atoms with Gasteiger partial charge in [0.05, 0.1) is 12.8 Å². The second-order valence-electron chi connectivity index (χ2n) is 12.3. The average Bonchev–Trinajstić information content (AvgIpc) is 3.41. The molecule has 1 atom stereocenters. The summed E-state index contributed by atoms with van der Waals surface area (Å²) in [5, 5.41) is 12.0. The molecule has 1 saturated carbocycles. The van der Waals surface area contributed by atoms with E-state index >= 15 is 0 Å². The van der Waals surface area contributed by atoms with Crippen LogP contribution in [-0.4, -0.2) is 79.2 Å². The van der Waals surface area contributed by atoms with Crippen LogP contribution in [0.4, 0.5) is 5.82 Å². The van der Waals surface area contributed by atoms with E-state index in [1.54, 1.807) is 31.5 Å². The number of nitrogens with one attached hydrogen (secondary N) is 2. The molecule has 1 amide bonds. The van der Waals surface area contributed by atoms with Crippen LogP contribution in [0.2, 0.25) is 0 Å². The van der Waals surface area contributed by atoms with Gasteiger partial charge in [0.2, 0.25) is 0 Å². The van der Waals surface area contributed by atoms with Crippen molar-refractivity contribution in [1.82, 2.24) is 20.2 Å². The monoisotopic (exact) mass is 548 g/mol. The molecule has 0 saturated heterocycles. The van der Waals surface area contributed by atoms with Gasteiger partial charge in [-0.1, -0.05) is 33.6 Å². The number of fused-ring (bicyclic) bond motifs is 1. The Hall–Kier alpha value is -3.33. The van der Waals surface area contributed by atoms with Gasteiger partial charge in [-0.15, -0.1) is 0 Å². The van der Waals surface area contributed by atoms with E-state index in [0.717, 1.165) is 36.3 Å². The number of nitrogens with zero attached hydrogens (tertiary/aromatic N) is 4. The van der Waals surface area contributed by atoms with Crippen LogP contribution in [0.25, 0.3) is 0 Å². The molecule has 0 spiro atoms. The van der Waals surface area contributed by atoms with Gasteiger partial charge in [-0.3, -0.25) is 9.59 Å². The van der Waals surface area contributed by atoms with E-state index in [1.807, 2.05) is 21.0 Å². The highest BCUT2D eigenvalue weighted by Crippen LogP contribution is 2.35. The number of ether oxygens (including phenoxy) is 1. The Bertz CT molecular complexity index is 1250. The Balaban J connectivity index is 1.56. The fraction of sp³-hybridized carbons (Fsp3) is 0.581. The van der Waals surface area contributed by atoms with Crippen molar-refractivity contribution < 1.29 is 14.3 Å². The maximum absolute atomic E-state index is 13.0. The van der Waals surface area contributed by atoms with Crippen molar-refractivity contribution in [3.8, 4) is 5.75 Å². The standard InChI is InChI=1S/C31H44N6O3/c1-20-24-17-33-28(35-29(24)37(14-13-26(20)38)23-9-7-8-10-23)25(32)16-22-15-21(11-12-27(22)40-6)30(39)34-18-31(2,3)19-36(4)5/h11-12,15,17,20,23,32H,7-10,13-14,16,18-19H2,1-6H3,(H,34,39). The van der Waals surface area contributed by atoms with Crippen molar-refractivity contribution in [2.24, 2.45) is 5.41 Å². The van der Waals surface area contributed by atoms with Gasteiger partial charge in [-0.05, 0) is 50.6 Å². The van der Waals surface area contributed by atoms with Gasteiger partial charge in [0.1, 0.15) is 17.4 Å². The van der Waals surface area contributed by atoms with E-state index in [4.69, 9.17) is 15.1 Å². The fourth-order valence-corrected chi connectivity index (χ4v) is 6.02. The Kier molecular flexibility index (Phi) is 9.23. The Labute approximate surface area is 238 Å². The van der Waals surface area contributed by atoms with Gasteiger partial charge < -0.3 is 25.3 Å². The zero-order valence-corrected chi connectivity index (χ0v) is 24.8. The average molecular weight is 549 g/mol. The minimum atomic E-state index is -0.261. The number of Topliss-reactive ketones (excluding diaryl/α,β-unsaturated/α-hetero) is 1. The zero-order chi connectivity index (χ0) is 29.0. The van der Waals surface area contributed by atoms with E-state index < -0.39 is 0 Å². The predicted molar refractivity (Wildman–Crippen MR) is 158 cm³/mol. The number of methoxy groups -OCH3 is 1. The molecule has 0 bridgehead atoms.